The Bertz CT molecular complexity index is 250. The van der Waals surface area contributed by atoms with Crippen LogP contribution < -0.4 is 0 Å². The SMILES string of the molecule is CCC(=O)N1CCN(C(C)(C)CC)C(C)C1. The second kappa shape index (κ2) is 5.17. The Hall–Kier alpha value is -0.570. The van der Waals surface area contributed by atoms with E-state index >= 15 is 0 Å². The summed E-state index contributed by atoms with van der Waals surface area (Å²) in [5, 5.41) is 0. The second-order valence-electron chi connectivity index (χ2n) is 5.40. The van der Waals surface area contributed by atoms with Gasteiger partial charge in [0, 0.05) is 37.6 Å². The fourth-order valence-corrected chi connectivity index (χ4v) is 2.51. The molecule has 1 amide bonds. The van der Waals surface area contributed by atoms with E-state index in [2.05, 4.69) is 32.6 Å². The summed E-state index contributed by atoms with van der Waals surface area (Å²) in [4.78, 5) is 16.2. The molecule has 0 aromatic rings. The second-order valence-corrected chi connectivity index (χ2v) is 5.40. The van der Waals surface area contributed by atoms with Crippen molar-refractivity contribution in [2.75, 3.05) is 19.6 Å². The molecule has 1 rings (SSSR count). The molecule has 1 aliphatic rings. The Labute approximate surface area is 99.8 Å². The topological polar surface area (TPSA) is 23.6 Å². The van der Waals surface area contributed by atoms with Crippen LogP contribution in [0.2, 0.25) is 0 Å². The van der Waals surface area contributed by atoms with Crippen LogP contribution in [0.15, 0.2) is 0 Å². The van der Waals surface area contributed by atoms with Gasteiger partial charge < -0.3 is 4.90 Å². The lowest BCUT2D eigenvalue weighted by molar-refractivity contribution is -0.135. The molecule has 3 heteroatoms. The Kier molecular flexibility index (Phi) is 4.36. The van der Waals surface area contributed by atoms with Gasteiger partial charge in [-0.1, -0.05) is 13.8 Å². The fraction of sp³-hybridized carbons (Fsp3) is 0.923. The molecule has 16 heavy (non-hydrogen) atoms. The van der Waals surface area contributed by atoms with Gasteiger partial charge in [-0.15, -0.1) is 0 Å². The lowest BCUT2D eigenvalue weighted by atomic mass is 9.95. The molecule has 0 aromatic carbocycles. The predicted molar refractivity (Wildman–Crippen MR) is 67.4 cm³/mol. The van der Waals surface area contributed by atoms with Gasteiger partial charge in [0.05, 0.1) is 0 Å². The molecule has 94 valence electrons. The molecule has 3 nitrogen and oxygen atoms in total. The van der Waals surface area contributed by atoms with Crippen LogP contribution in [-0.4, -0.2) is 46.9 Å². The summed E-state index contributed by atoms with van der Waals surface area (Å²) in [5.41, 5.74) is 0.251. The van der Waals surface area contributed by atoms with Gasteiger partial charge in [0.25, 0.3) is 0 Å². The van der Waals surface area contributed by atoms with Crippen LogP contribution in [0.4, 0.5) is 0 Å². The van der Waals surface area contributed by atoms with Gasteiger partial charge in [0.15, 0.2) is 0 Å². The van der Waals surface area contributed by atoms with Crippen molar-refractivity contribution in [3.8, 4) is 0 Å². The van der Waals surface area contributed by atoms with Crippen LogP contribution in [0.3, 0.4) is 0 Å². The van der Waals surface area contributed by atoms with E-state index in [9.17, 15) is 4.79 Å². The largest absolute Gasteiger partial charge is 0.340 e. The highest BCUT2D eigenvalue weighted by Crippen LogP contribution is 2.24. The van der Waals surface area contributed by atoms with Gasteiger partial charge in [-0.05, 0) is 27.2 Å². The Morgan fingerprint density at radius 1 is 1.31 bits per heavy atom. The van der Waals surface area contributed by atoms with E-state index in [1.807, 2.05) is 11.8 Å². The van der Waals surface area contributed by atoms with Crippen LogP contribution in [0, 0.1) is 0 Å². The normalized spacial score (nSPS) is 23.6. The number of hydrogen-bond acceptors (Lipinski definition) is 2. The first-order valence-corrected chi connectivity index (χ1v) is 6.47. The van der Waals surface area contributed by atoms with Crippen molar-refractivity contribution < 1.29 is 4.79 Å². The van der Waals surface area contributed by atoms with Gasteiger partial charge in [-0.25, -0.2) is 0 Å². The van der Waals surface area contributed by atoms with Gasteiger partial charge in [0.1, 0.15) is 0 Å². The number of piperazine rings is 1. The number of amides is 1. The lowest BCUT2D eigenvalue weighted by Gasteiger charge is -2.48. The monoisotopic (exact) mass is 226 g/mol. The Morgan fingerprint density at radius 3 is 2.38 bits per heavy atom. The summed E-state index contributed by atoms with van der Waals surface area (Å²) in [6.07, 6.45) is 1.78. The molecule has 0 saturated carbocycles. The quantitative estimate of drug-likeness (QED) is 0.736. The molecule has 1 saturated heterocycles. The average Bonchev–Trinajstić information content (AvgIpc) is 2.27. The molecule has 1 heterocycles. The maximum Gasteiger partial charge on any atom is 0.222 e. The van der Waals surface area contributed by atoms with Crippen LogP contribution >= 0.6 is 0 Å². The zero-order chi connectivity index (χ0) is 12.3. The predicted octanol–water partition coefficient (Wildman–Crippen LogP) is 2.12. The molecule has 0 bridgehead atoms. The molecule has 0 aliphatic carbocycles. The summed E-state index contributed by atoms with van der Waals surface area (Å²) in [5.74, 6) is 0.292. The molecule has 1 atom stereocenters. The van der Waals surface area contributed by atoms with Crippen LogP contribution in [0.1, 0.15) is 47.5 Å². The molecule has 1 unspecified atom stereocenters. The van der Waals surface area contributed by atoms with Crippen molar-refractivity contribution in [2.45, 2.75) is 59.0 Å². The molecule has 0 radical (unpaired) electrons. The fourth-order valence-electron chi connectivity index (χ4n) is 2.51. The van der Waals surface area contributed by atoms with E-state index < -0.39 is 0 Å². The molecular weight excluding hydrogens is 200 g/mol. The average molecular weight is 226 g/mol. The van der Waals surface area contributed by atoms with Crippen LogP contribution in [-0.2, 0) is 4.79 Å². The zero-order valence-electron chi connectivity index (χ0n) is 11.4. The highest BCUT2D eigenvalue weighted by atomic mass is 16.2. The summed E-state index contributed by atoms with van der Waals surface area (Å²) in [6.45, 7) is 13.8. The third-order valence-corrected chi connectivity index (χ3v) is 3.93. The molecule has 0 aromatic heterocycles. The van der Waals surface area contributed by atoms with E-state index in [0.717, 1.165) is 26.1 Å². The van der Waals surface area contributed by atoms with E-state index in [1.165, 1.54) is 0 Å². The van der Waals surface area contributed by atoms with Gasteiger partial charge >= 0.3 is 0 Å². The first-order valence-electron chi connectivity index (χ1n) is 6.47. The van der Waals surface area contributed by atoms with Crippen LogP contribution in [0.25, 0.3) is 0 Å². The molecule has 1 aliphatic heterocycles. The number of carbonyl (C=O) groups is 1. The van der Waals surface area contributed by atoms with E-state index in [4.69, 9.17) is 0 Å². The third-order valence-electron chi connectivity index (χ3n) is 3.93. The first kappa shape index (κ1) is 13.5. The van der Waals surface area contributed by atoms with E-state index in [-0.39, 0.29) is 5.54 Å². The highest BCUT2D eigenvalue weighted by molar-refractivity contribution is 5.75. The maximum atomic E-state index is 11.6. The summed E-state index contributed by atoms with van der Waals surface area (Å²) < 4.78 is 0. The van der Waals surface area contributed by atoms with Crippen molar-refractivity contribution in [3.05, 3.63) is 0 Å². The summed E-state index contributed by atoms with van der Waals surface area (Å²) in [6, 6.07) is 0.471. The van der Waals surface area contributed by atoms with Crippen molar-refractivity contribution in [1.82, 2.24) is 9.80 Å². The van der Waals surface area contributed by atoms with Crippen molar-refractivity contribution >= 4 is 5.91 Å². The van der Waals surface area contributed by atoms with Crippen molar-refractivity contribution in [1.29, 1.82) is 0 Å². The van der Waals surface area contributed by atoms with Crippen molar-refractivity contribution in [2.24, 2.45) is 0 Å². The smallest absolute Gasteiger partial charge is 0.222 e. The zero-order valence-corrected chi connectivity index (χ0v) is 11.4. The standard InChI is InChI=1S/C13H26N2O/c1-6-12(16)14-8-9-15(11(3)10-14)13(4,5)7-2/h11H,6-10H2,1-5H3. The minimum Gasteiger partial charge on any atom is -0.340 e. The number of rotatable bonds is 3. The minimum absolute atomic E-state index is 0.251. The van der Waals surface area contributed by atoms with E-state index in [1.54, 1.807) is 0 Å². The summed E-state index contributed by atoms with van der Waals surface area (Å²) in [7, 11) is 0. The Morgan fingerprint density at radius 2 is 1.94 bits per heavy atom. The minimum atomic E-state index is 0.251. The first-order chi connectivity index (χ1) is 7.42. The number of hydrogen-bond donors (Lipinski definition) is 0. The molecule has 0 spiro atoms. The maximum absolute atomic E-state index is 11.6. The van der Waals surface area contributed by atoms with Crippen LogP contribution in [0.5, 0.6) is 0 Å². The van der Waals surface area contributed by atoms with Gasteiger partial charge in [-0.3, -0.25) is 9.69 Å². The van der Waals surface area contributed by atoms with E-state index in [0.29, 0.717) is 18.4 Å². The third kappa shape index (κ3) is 2.76. The van der Waals surface area contributed by atoms with Gasteiger partial charge in [0.2, 0.25) is 5.91 Å². The molecule has 1 fully saturated rings. The number of nitrogens with zero attached hydrogens (tertiary/aromatic N) is 2. The number of carbonyl (C=O) groups excluding carboxylic acids is 1. The summed E-state index contributed by atoms with van der Waals surface area (Å²) >= 11 is 0. The Balaban J connectivity index is 2.62. The molecular formula is C13H26N2O. The molecule has 0 N–H and O–H groups in total. The van der Waals surface area contributed by atoms with Gasteiger partial charge in [-0.2, -0.15) is 0 Å². The highest BCUT2D eigenvalue weighted by Gasteiger charge is 2.34. The van der Waals surface area contributed by atoms with Crippen molar-refractivity contribution in [3.63, 3.8) is 0 Å². The lowest BCUT2D eigenvalue weighted by Crippen LogP contribution is -2.59.